The Hall–Kier alpha value is -8.20. The van der Waals surface area contributed by atoms with E-state index >= 15 is 0 Å². The first-order chi connectivity index (χ1) is 30.8. The van der Waals surface area contributed by atoms with E-state index in [0.717, 1.165) is 33.9 Å². The van der Waals surface area contributed by atoms with Gasteiger partial charge in [-0.25, -0.2) is 0 Å². The lowest BCUT2D eigenvalue weighted by Crippen LogP contribution is -2.11. The minimum atomic E-state index is 1.08. The molecule has 0 N–H and O–H groups in total. The Bertz CT molecular complexity index is 3120. The molecule has 0 aliphatic carbocycles. The normalized spacial score (nSPS) is 11.2. The van der Waals surface area contributed by atoms with Crippen LogP contribution in [0.5, 0.6) is 0 Å². The third-order valence-electron chi connectivity index (χ3n) is 12.0. The highest BCUT2D eigenvalue weighted by Crippen LogP contribution is 2.45. The molecule has 10 aromatic carbocycles. The van der Waals surface area contributed by atoms with Crippen molar-refractivity contribution in [1.82, 2.24) is 4.57 Å². The van der Waals surface area contributed by atoms with E-state index in [1.54, 1.807) is 0 Å². The predicted molar refractivity (Wildman–Crippen MR) is 263 cm³/mol. The Balaban J connectivity index is 1.12. The van der Waals surface area contributed by atoms with Gasteiger partial charge < -0.3 is 9.47 Å². The van der Waals surface area contributed by atoms with Gasteiger partial charge in [-0.15, -0.1) is 0 Å². The number of hydrogen-bond acceptors (Lipinski definition) is 1. The minimum absolute atomic E-state index is 1.08. The second-order valence-electron chi connectivity index (χ2n) is 15.7. The van der Waals surface area contributed by atoms with Crippen molar-refractivity contribution >= 4 is 38.9 Å². The molecule has 0 saturated carbocycles. The summed E-state index contributed by atoms with van der Waals surface area (Å²) in [5.41, 5.74) is 18.5. The quantitative estimate of drug-likeness (QED) is 0.141. The molecule has 11 aromatic rings. The number of benzene rings is 10. The molecule has 0 saturated heterocycles. The van der Waals surface area contributed by atoms with Gasteiger partial charge in [0.1, 0.15) is 0 Å². The molecule has 0 aliphatic rings. The zero-order valence-corrected chi connectivity index (χ0v) is 34.1. The Kier molecular flexibility index (Phi) is 9.57. The highest BCUT2D eigenvalue weighted by Gasteiger charge is 2.22. The first-order valence-corrected chi connectivity index (χ1v) is 21.3. The van der Waals surface area contributed by atoms with Crippen molar-refractivity contribution in [2.75, 3.05) is 4.90 Å². The molecule has 0 amide bonds. The van der Waals surface area contributed by atoms with Gasteiger partial charge in [0, 0.05) is 33.3 Å². The zero-order chi connectivity index (χ0) is 41.2. The molecule has 62 heavy (non-hydrogen) atoms. The monoisotopic (exact) mass is 790 g/mol. The van der Waals surface area contributed by atoms with Crippen LogP contribution in [0.1, 0.15) is 0 Å². The summed E-state index contributed by atoms with van der Waals surface area (Å²) in [5, 5.41) is 2.45. The Morgan fingerprint density at radius 2 is 0.597 bits per heavy atom. The van der Waals surface area contributed by atoms with Crippen molar-refractivity contribution in [3.63, 3.8) is 0 Å². The van der Waals surface area contributed by atoms with Gasteiger partial charge in [-0.1, -0.05) is 206 Å². The topological polar surface area (TPSA) is 8.17 Å². The Labute approximate surface area is 362 Å². The van der Waals surface area contributed by atoms with Gasteiger partial charge >= 0.3 is 0 Å². The first kappa shape index (κ1) is 36.8. The van der Waals surface area contributed by atoms with E-state index in [-0.39, 0.29) is 0 Å². The average Bonchev–Trinajstić information content (AvgIpc) is 3.68. The molecule has 0 radical (unpaired) electrons. The van der Waals surface area contributed by atoms with Crippen molar-refractivity contribution in [1.29, 1.82) is 0 Å². The smallest absolute Gasteiger partial charge is 0.0547 e. The minimum Gasteiger partial charge on any atom is -0.310 e. The molecule has 0 bridgehead atoms. The van der Waals surface area contributed by atoms with E-state index in [0.29, 0.717) is 0 Å². The van der Waals surface area contributed by atoms with Crippen LogP contribution in [-0.2, 0) is 0 Å². The molecule has 2 heteroatoms. The molecule has 0 spiro atoms. The summed E-state index contributed by atoms with van der Waals surface area (Å²) in [4.78, 5) is 2.41. The number of anilines is 3. The summed E-state index contributed by atoms with van der Waals surface area (Å²) >= 11 is 0. The fraction of sp³-hybridized carbons (Fsp3) is 0. The van der Waals surface area contributed by atoms with Gasteiger partial charge in [0.05, 0.1) is 22.4 Å². The molecule has 0 aliphatic heterocycles. The average molecular weight is 791 g/mol. The summed E-state index contributed by atoms with van der Waals surface area (Å²) in [6, 6.07) is 92.1. The van der Waals surface area contributed by atoms with Crippen molar-refractivity contribution in [2.45, 2.75) is 0 Å². The van der Waals surface area contributed by atoms with Crippen LogP contribution in [0.25, 0.3) is 83.1 Å². The van der Waals surface area contributed by atoms with E-state index in [2.05, 4.69) is 264 Å². The molecule has 0 fully saturated rings. The van der Waals surface area contributed by atoms with E-state index in [1.165, 1.54) is 66.3 Å². The third kappa shape index (κ3) is 6.84. The van der Waals surface area contributed by atoms with Crippen LogP contribution in [0.15, 0.2) is 255 Å². The number of fused-ring (bicyclic) bond motifs is 3. The van der Waals surface area contributed by atoms with Crippen LogP contribution in [-0.4, -0.2) is 4.57 Å². The molecule has 11 rings (SSSR count). The number of nitrogens with zero attached hydrogens (tertiary/aromatic N) is 2. The van der Waals surface area contributed by atoms with Crippen molar-refractivity contribution < 1.29 is 0 Å². The van der Waals surface area contributed by atoms with Crippen LogP contribution in [0.3, 0.4) is 0 Å². The molecule has 0 unspecified atom stereocenters. The largest absolute Gasteiger partial charge is 0.310 e. The van der Waals surface area contributed by atoms with Crippen molar-refractivity contribution in [3.8, 4) is 61.3 Å². The van der Waals surface area contributed by atoms with Gasteiger partial charge in [0.25, 0.3) is 0 Å². The van der Waals surface area contributed by atoms with Gasteiger partial charge in [0.15, 0.2) is 0 Å². The maximum absolute atomic E-state index is 2.49. The lowest BCUT2D eigenvalue weighted by atomic mass is 9.98. The van der Waals surface area contributed by atoms with E-state index in [1.807, 2.05) is 0 Å². The number of hydrogen-bond donors (Lipinski definition) is 0. The van der Waals surface area contributed by atoms with Gasteiger partial charge in [-0.3, -0.25) is 0 Å². The summed E-state index contributed by atoms with van der Waals surface area (Å²) in [5.74, 6) is 0. The fourth-order valence-corrected chi connectivity index (χ4v) is 8.99. The van der Waals surface area contributed by atoms with Crippen molar-refractivity contribution in [2.24, 2.45) is 0 Å². The molecule has 1 heterocycles. The summed E-state index contributed by atoms with van der Waals surface area (Å²) in [6.07, 6.45) is 0. The number of para-hydroxylation sites is 2. The second kappa shape index (κ2) is 16.1. The van der Waals surface area contributed by atoms with E-state index < -0.39 is 0 Å². The van der Waals surface area contributed by atoms with Crippen LogP contribution in [0, 0.1) is 0 Å². The highest BCUT2D eigenvalue weighted by atomic mass is 15.1. The van der Waals surface area contributed by atoms with Gasteiger partial charge in [0.2, 0.25) is 0 Å². The summed E-state index contributed by atoms with van der Waals surface area (Å²) in [6.45, 7) is 0. The molecule has 292 valence electrons. The van der Waals surface area contributed by atoms with E-state index in [4.69, 9.17) is 0 Å². The van der Waals surface area contributed by atoms with Crippen LogP contribution >= 0.6 is 0 Å². The van der Waals surface area contributed by atoms with Crippen LogP contribution < -0.4 is 4.90 Å². The van der Waals surface area contributed by atoms with Crippen molar-refractivity contribution in [3.05, 3.63) is 255 Å². The summed E-state index contributed by atoms with van der Waals surface area (Å²) < 4.78 is 2.49. The SMILES string of the molecule is c1ccc(-c2ccc(N(c3ccc(-c4ccccc4)cc3)c3ccccc3-c3ccccc3-n3c4cc(-c5ccccc5)ccc4c4ccc(-c5ccccc5)cc43)cc2)cc1. The fourth-order valence-electron chi connectivity index (χ4n) is 8.99. The predicted octanol–water partition coefficient (Wildman–Crippen LogP) is 16.6. The lowest BCUT2D eigenvalue weighted by Gasteiger charge is -2.29. The second-order valence-corrected chi connectivity index (χ2v) is 15.7. The molecular weight excluding hydrogens is 749 g/mol. The Morgan fingerprint density at radius 1 is 0.258 bits per heavy atom. The molecule has 0 atom stereocenters. The first-order valence-electron chi connectivity index (χ1n) is 21.3. The zero-order valence-electron chi connectivity index (χ0n) is 34.1. The standard InChI is InChI=1S/C60H42N2/c1-5-17-43(18-6-1)47-29-35-51(36-30-47)61(52-37-31-48(32-38-52)44-19-7-2-8-20-44)57-27-15-13-25-53(57)54-26-14-16-28-58(54)62-59-41-49(45-21-9-3-10-22-45)33-39-55(59)56-40-34-50(42-60(56)62)46-23-11-4-12-24-46/h1-42H. The highest BCUT2D eigenvalue weighted by molar-refractivity contribution is 6.12. The van der Waals surface area contributed by atoms with Crippen LogP contribution in [0.4, 0.5) is 17.1 Å². The van der Waals surface area contributed by atoms with Gasteiger partial charge in [-0.05, 0) is 93.0 Å². The van der Waals surface area contributed by atoms with Gasteiger partial charge in [-0.2, -0.15) is 0 Å². The maximum atomic E-state index is 2.49. The lowest BCUT2D eigenvalue weighted by molar-refractivity contribution is 1.18. The summed E-state index contributed by atoms with van der Waals surface area (Å²) in [7, 11) is 0. The van der Waals surface area contributed by atoms with E-state index in [9.17, 15) is 0 Å². The molecule has 2 nitrogen and oxygen atoms in total. The third-order valence-corrected chi connectivity index (χ3v) is 12.0. The Morgan fingerprint density at radius 3 is 1.05 bits per heavy atom. The maximum Gasteiger partial charge on any atom is 0.0547 e. The number of rotatable bonds is 9. The number of aromatic nitrogens is 1. The van der Waals surface area contributed by atoms with Crippen LogP contribution in [0.2, 0.25) is 0 Å². The molecule has 1 aromatic heterocycles. The molecular formula is C60H42N2.